The number of nitrogens with zero attached hydrogens (tertiary/aromatic N) is 3. The molecule has 0 amide bonds. The molecule has 5 nitrogen and oxygen atoms in total. The fraction of sp³-hybridized carbons (Fsp3) is 0.400. The van der Waals surface area contributed by atoms with Crippen LogP contribution in [0, 0.1) is 13.8 Å². The molecule has 1 atom stereocenters. The van der Waals surface area contributed by atoms with Crippen molar-refractivity contribution in [2.45, 2.75) is 39.0 Å². The minimum atomic E-state index is -4.59. The topological polar surface area (TPSA) is 51.5 Å². The monoisotopic (exact) mass is 390 g/mol. The van der Waals surface area contributed by atoms with Crippen LogP contribution in [0.5, 0.6) is 0 Å². The van der Waals surface area contributed by atoms with E-state index in [2.05, 4.69) is 15.4 Å². The largest absolute Gasteiger partial charge is 0.435 e. The van der Waals surface area contributed by atoms with Crippen molar-refractivity contribution in [3.63, 3.8) is 0 Å². The number of fused-ring (bicyclic) bond motifs is 1. The Hall–Kier alpha value is -2.61. The van der Waals surface area contributed by atoms with Gasteiger partial charge in [0.05, 0.1) is 11.7 Å². The molecule has 0 spiro atoms. The molecule has 1 saturated heterocycles. The quantitative estimate of drug-likeness (QED) is 0.706. The summed E-state index contributed by atoms with van der Waals surface area (Å²) in [7, 11) is 0. The van der Waals surface area contributed by atoms with Gasteiger partial charge in [-0.15, -0.1) is 0 Å². The van der Waals surface area contributed by atoms with Crippen molar-refractivity contribution in [1.29, 1.82) is 0 Å². The maximum absolute atomic E-state index is 13.8. The number of alkyl halides is 3. The van der Waals surface area contributed by atoms with Gasteiger partial charge in [0, 0.05) is 24.9 Å². The lowest BCUT2D eigenvalue weighted by molar-refractivity contribution is -0.140. The molecule has 4 rings (SSSR count). The van der Waals surface area contributed by atoms with Crippen molar-refractivity contribution in [2.24, 2.45) is 0 Å². The van der Waals surface area contributed by atoms with Gasteiger partial charge in [0.1, 0.15) is 5.82 Å². The first-order valence-corrected chi connectivity index (χ1v) is 9.23. The first-order chi connectivity index (χ1) is 13.3. The van der Waals surface area contributed by atoms with Crippen LogP contribution < -0.4 is 5.32 Å². The number of nitrogens with one attached hydrogen (secondary N) is 1. The summed E-state index contributed by atoms with van der Waals surface area (Å²) in [6.45, 7) is 4.88. The number of hydrogen-bond acceptors (Lipinski definition) is 4. The minimum Gasteiger partial charge on any atom is -0.376 e. The smallest absolute Gasteiger partial charge is 0.376 e. The number of aromatic nitrogens is 3. The van der Waals surface area contributed by atoms with Crippen molar-refractivity contribution in [3.8, 4) is 11.1 Å². The second-order valence-electron chi connectivity index (χ2n) is 7.12. The van der Waals surface area contributed by atoms with Crippen LogP contribution in [0.4, 0.5) is 19.0 Å². The van der Waals surface area contributed by atoms with E-state index >= 15 is 0 Å². The SMILES string of the molecule is Cc1ccc(-c2c(C(F)(F)F)nn3c(NCC4CCCO4)cc(C)nc23)cc1. The van der Waals surface area contributed by atoms with E-state index in [-0.39, 0.29) is 17.3 Å². The predicted octanol–water partition coefficient (Wildman–Crippen LogP) is 4.62. The van der Waals surface area contributed by atoms with E-state index in [0.29, 0.717) is 30.2 Å². The average molecular weight is 390 g/mol. The Balaban J connectivity index is 1.85. The molecule has 1 aliphatic rings. The zero-order chi connectivity index (χ0) is 19.9. The van der Waals surface area contributed by atoms with Crippen LogP contribution in [0.2, 0.25) is 0 Å². The van der Waals surface area contributed by atoms with Crippen LogP contribution in [0.15, 0.2) is 30.3 Å². The molecule has 3 aromatic rings. The van der Waals surface area contributed by atoms with E-state index in [1.807, 2.05) is 6.92 Å². The Morgan fingerprint density at radius 2 is 1.96 bits per heavy atom. The van der Waals surface area contributed by atoms with Crippen LogP contribution in [0.1, 0.15) is 29.8 Å². The molecule has 1 unspecified atom stereocenters. The summed E-state index contributed by atoms with van der Waals surface area (Å²) in [5.41, 5.74) is 1.27. The van der Waals surface area contributed by atoms with Crippen LogP contribution in [-0.2, 0) is 10.9 Å². The van der Waals surface area contributed by atoms with E-state index in [9.17, 15) is 13.2 Å². The van der Waals surface area contributed by atoms with Gasteiger partial charge in [-0.05, 0) is 32.3 Å². The summed E-state index contributed by atoms with van der Waals surface area (Å²) in [5, 5.41) is 7.09. The Labute approximate surface area is 160 Å². The normalized spacial score (nSPS) is 17.4. The highest BCUT2D eigenvalue weighted by Gasteiger charge is 2.39. The van der Waals surface area contributed by atoms with Gasteiger partial charge in [-0.1, -0.05) is 29.8 Å². The van der Waals surface area contributed by atoms with E-state index in [1.165, 1.54) is 4.52 Å². The van der Waals surface area contributed by atoms with Crippen molar-refractivity contribution in [3.05, 3.63) is 47.3 Å². The van der Waals surface area contributed by atoms with Crippen LogP contribution in [-0.4, -0.2) is 33.9 Å². The predicted molar refractivity (Wildman–Crippen MR) is 100 cm³/mol. The number of aryl methyl sites for hydroxylation is 2. The Bertz CT molecular complexity index is 989. The van der Waals surface area contributed by atoms with Gasteiger partial charge in [0.25, 0.3) is 0 Å². The van der Waals surface area contributed by atoms with Gasteiger partial charge in [-0.3, -0.25) is 0 Å². The fourth-order valence-corrected chi connectivity index (χ4v) is 3.47. The van der Waals surface area contributed by atoms with Gasteiger partial charge in [0.15, 0.2) is 11.3 Å². The molecule has 1 aromatic carbocycles. The van der Waals surface area contributed by atoms with Gasteiger partial charge in [-0.2, -0.15) is 22.8 Å². The van der Waals surface area contributed by atoms with Crippen molar-refractivity contribution >= 4 is 11.5 Å². The summed E-state index contributed by atoms with van der Waals surface area (Å²) in [4.78, 5) is 4.38. The molecule has 3 heterocycles. The highest BCUT2D eigenvalue weighted by Crippen LogP contribution is 2.39. The number of rotatable bonds is 4. The van der Waals surface area contributed by atoms with Crippen LogP contribution >= 0.6 is 0 Å². The Morgan fingerprint density at radius 3 is 2.61 bits per heavy atom. The zero-order valence-electron chi connectivity index (χ0n) is 15.7. The molecule has 2 aromatic heterocycles. The zero-order valence-corrected chi connectivity index (χ0v) is 15.7. The Kier molecular flexibility index (Phi) is 4.74. The second-order valence-corrected chi connectivity index (χ2v) is 7.12. The lowest BCUT2D eigenvalue weighted by Crippen LogP contribution is -2.20. The number of ether oxygens (including phenoxy) is 1. The van der Waals surface area contributed by atoms with Crippen molar-refractivity contribution in [1.82, 2.24) is 14.6 Å². The number of hydrogen-bond donors (Lipinski definition) is 1. The molecular weight excluding hydrogens is 369 g/mol. The minimum absolute atomic E-state index is 0.00336. The molecule has 28 heavy (non-hydrogen) atoms. The molecule has 1 N–H and O–H groups in total. The van der Waals surface area contributed by atoms with Crippen LogP contribution in [0.25, 0.3) is 16.8 Å². The molecule has 1 aliphatic heterocycles. The van der Waals surface area contributed by atoms with Gasteiger partial charge in [-0.25, -0.2) is 4.98 Å². The van der Waals surface area contributed by atoms with E-state index in [0.717, 1.165) is 18.4 Å². The lowest BCUT2D eigenvalue weighted by atomic mass is 10.0. The molecular formula is C20H21F3N4O. The molecule has 0 saturated carbocycles. The average Bonchev–Trinajstić information content (AvgIpc) is 3.27. The molecule has 0 aliphatic carbocycles. The highest BCUT2D eigenvalue weighted by molar-refractivity contribution is 5.81. The molecule has 8 heteroatoms. The van der Waals surface area contributed by atoms with Crippen LogP contribution in [0.3, 0.4) is 0 Å². The van der Waals surface area contributed by atoms with E-state index in [4.69, 9.17) is 4.74 Å². The van der Waals surface area contributed by atoms with Gasteiger partial charge < -0.3 is 10.1 Å². The number of benzene rings is 1. The number of halogens is 3. The summed E-state index contributed by atoms with van der Waals surface area (Å²) in [5.74, 6) is 0.474. The fourth-order valence-electron chi connectivity index (χ4n) is 3.47. The maximum Gasteiger partial charge on any atom is 0.435 e. The molecule has 1 fully saturated rings. The van der Waals surface area contributed by atoms with Crippen molar-refractivity contribution in [2.75, 3.05) is 18.5 Å². The first kappa shape index (κ1) is 18.7. The van der Waals surface area contributed by atoms with Gasteiger partial charge >= 0.3 is 6.18 Å². The molecule has 148 valence electrons. The summed E-state index contributed by atoms with van der Waals surface area (Å²) >= 11 is 0. The standard InChI is InChI=1S/C20H21F3N4O/c1-12-5-7-14(8-6-12)17-18(20(21,22)23)26-27-16(10-13(2)25-19(17)27)24-11-15-4-3-9-28-15/h5-8,10,15,24H,3-4,9,11H2,1-2H3. The maximum atomic E-state index is 13.8. The third-order valence-electron chi connectivity index (χ3n) is 4.86. The summed E-state index contributed by atoms with van der Waals surface area (Å²) in [6.07, 6.45) is -2.61. The van der Waals surface area contributed by atoms with Crippen molar-refractivity contribution < 1.29 is 17.9 Å². The van der Waals surface area contributed by atoms with E-state index < -0.39 is 11.9 Å². The Morgan fingerprint density at radius 1 is 1.21 bits per heavy atom. The summed E-state index contributed by atoms with van der Waals surface area (Å²) < 4.78 is 48.2. The van der Waals surface area contributed by atoms with Gasteiger partial charge in [0.2, 0.25) is 0 Å². The second kappa shape index (κ2) is 7.09. The van der Waals surface area contributed by atoms with E-state index in [1.54, 1.807) is 37.3 Å². The molecule has 0 radical (unpaired) electrons. The highest BCUT2D eigenvalue weighted by atomic mass is 19.4. The lowest BCUT2D eigenvalue weighted by Gasteiger charge is -2.13. The number of anilines is 1. The first-order valence-electron chi connectivity index (χ1n) is 9.23. The third-order valence-corrected chi connectivity index (χ3v) is 4.86. The third kappa shape index (κ3) is 3.56. The molecule has 0 bridgehead atoms. The summed E-state index contributed by atoms with van der Waals surface area (Å²) in [6, 6.07) is 8.61.